The lowest BCUT2D eigenvalue weighted by molar-refractivity contribution is -0.134. The van der Waals surface area contributed by atoms with Gasteiger partial charge in [0.15, 0.2) is 11.9 Å². The topological polar surface area (TPSA) is 51.8 Å². The second-order valence-corrected chi connectivity index (χ2v) is 4.05. The number of ether oxygens (including phenoxy) is 1. The maximum atomic E-state index is 11.5. The fourth-order valence-electron chi connectivity index (χ4n) is 2.04. The van der Waals surface area contributed by atoms with E-state index in [9.17, 15) is 4.79 Å². The molecule has 1 atom stereocenters. The van der Waals surface area contributed by atoms with Crippen LogP contribution in [0.15, 0.2) is 39.9 Å². The van der Waals surface area contributed by atoms with Gasteiger partial charge in [-0.3, -0.25) is 0 Å². The molecular weight excluding hydrogens is 218 g/mol. The number of benzene rings is 1. The molecule has 0 aliphatic carbocycles. The van der Waals surface area contributed by atoms with Gasteiger partial charge in [0, 0.05) is 24.3 Å². The number of carbonyl (C=O) groups is 1. The number of aliphatic imine (C=N–C) groups is 1. The second kappa shape index (κ2) is 3.73. The molecule has 2 heterocycles. The fourth-order valence-corrected chi connectivity index (χ4v) is 2.04. The molecule has 0 radical (unpaired) electrons. The second-order valence-electron chi connectivity index (χ2n) is 4.05. The molecule has 0 bridgehead atoms. The van der Waals surface area contributed by atoms with Crippen LogP contribution < -0.4 is 0 Å². The third-order valence-electron chi connectivity index (χ3n) is 2.83. The maximum Gasteiger partial charge on any atom is 0.337 e. The molecule has 4 nitrogen and oxygen atoms in total. The molecule has 0 saturated heterocycles. The van der Waals surface area contributed by atoms with Crippen molar-refractivity contribution in [1.29, 1.82) is 0 Å². The van der Waals surface area contributed by atoms with Crippen LogP contribution in [0.3, 0.4) is 0 Å². The van der Waals surface area contributed by atoms with Gasteiger partial charge < -0.3 is 9.15 Å². The van der Waals surface area contributed by atoms with Crippen molar-refractivity contribution in [2.75, 3.05) is 0 Å². The fraction of sp³-hybridized carbons (Fsp3) is 0.231. The molecule has 1 aromatic carbocycles. The third kappa shape index (κ3) is 1.71. The molecule has 0 spiro atoms. The first-order valence-electron chi connectivity index (χ1n) is 5.45. The highest BCUT2D eigenvalue weighted by Gasteiger charge is 2.27. The number of para-hydroxylation sites is 1. The SMILES string of the molecule is CC1=N[C@@H](Cc2coc3ccccc23)C(=O)O1. The number of carbonyl (C=O) groups excluding carboxylic acids is 1. The highest BCUT2D eigenvalue weighted by molar-refractivity contribution is 5.96. The van der Waals surface area contributed by atoms with Crippen molar-refractivity contribution < 1.29 is 13.9 Å². The van der Waals surface area contributed by atoms with Gasteiger partial charge in [-0.05, 0) is 6.07 Å². The summed E-state index contributed by atoms with van der Waals surface area (Å²) in [5, 5.41) is 1.03. The lowest BCUT2D eigenvalue weighted by Gasteiger charge is -2.01. The lowest BCUT2D eigenvalue weighted by Crippen LogP contribution is -2.17. The number of cyclic esters (lactones) is 1. The average Bonchev–Trinajstić information content (AvgIpc) is 2.85. The van der Waals surface area contributed by atoms with E-state index in [4.69, 9.17) is 9.15 Å². The zero-order chi connectivity index (χ0) is 11.8. The van der Waals surface area contributed by atoms with E-state index in [1.54, 1.807) is 13.2 Å². The number of hydrogen-bond donors (Lipinski definition) is 0. The predicted molar refractivity (Wildman–Crippen MR) is 62.9 cm³/mol. The lowest BCUT2D eigenvalue weighted by atomic mass is 10.1. The van der Waals surface area contributed by atoms with E-state index in [1.165, 1.54) is 0 Å². The highest BCUT2D eigenvalue weighted by Crippen LogP contribution is 2.23. The largest absolute Gasteiger partial charge is 0.464 e. The molecule has 1 aromatic heterocycles. The summed E-state index contributed by atoms with van der Waals surface area (Å²) in [4.78, 5) is 15.6. The van der Waals surface area contributed by atoms with Crippen LogP contribution in [0.5, 0.6) is 0 Å². The van der Waals surface area contributed by atoms with E-state index in [0.29, 0.717) is 12.3 Å². The molecule has 0 fully saturated rings. The van der Waals surface area contributed by atoms with Gasteiger partial charge in [0.25, 0.3) is 0 Å². The van der Waals surface area contributed by atoms with Crippen LogP contribution in [0, 0.1) is 0 Å². The number of fused-ring (bicyclic) bond motifs is 1. The van der Waals surface area contributed by atoms with Gasteiger partial charge in [0.2, 0.25) is 0 Å². The molecule has 0 saturated carbocycles. The summed E-state index contributed by atoms with van der Waals surface area (Å²) in [5.74, 6) is 0.153. The first-order chi connectivity index (χ1) is 8.24. The van der Waals surface area contributed by atoms with Crippen LogP contribution >= 0.6 is 0 Å². The van der Waals surface area contributed by atoms with Crippen LogP contribution in [0.25, 0.3) is 11.0 Å². The summed E-state index contributed by atoms with van der Waals surface area (Å²) < 4.78 is 10.3. The number of hydrogen-bond acceptors (Lipinski definition) is 4. The van der Waals surface area contributed by atoms with Crippen molar-refractivity contribution in [1.82, 2.24) is 0 Å². The van der Waals surface area contributed by atoms with E-state index in [1.807, 2.05) is 24.3 Å². The quantitative estimate of drug-likeness (QED) is 0.742. The first-order valence-corrected chi connectivity index (χ1v) is 5.45. The molecule has 1 aliphatic heterocycles. The third-order valence-corrected chi connectivity index (χ3v) is 2.83. The Hall–Kier alpha value is -2.10. The van der Waals surface area contributed by atoms with Crippen molar-refractivity contribution >= 4 is 22.8 Å². The van der Waals surface area contributed by atoms with Gasteiger partial charge in [0.05, 0.1) is 6.26 Å². The van der Waals surface area contributed by atoms with Gasteiger partial charge in [-0.2, -0.15) is 0 Å². The van der Waals surface area contributed by atoms with E-state index >= 15 is 0 Å². The minimum Gasteiger partial charge on any atom is -0.464 e. The molecular formula is C13H11NO3. The van der Waals surface area contributed by atoms with Crippen molar-refractivity contribution in [2.45, 2.75) is 19.4 Å². The highest BCUT2D eigenvalue weighted by atomic mass is 16.6. The van der Waals surface area contributed by atoms with Crippen LogP contribution in [0.4, 0.5) is 0 Å². The van der Waals surface area contributed by atoms with E-state index < -0.39 is 6.04 Å². The Morgan fingerprint density at radius 3 is 2.94 bits per heavy atom. The van der Waals surface area contributed by atoms with Crippen LogP contribution in [0.1, 0.15) is 12.5 Å². The Balaban J connectivity index is 1.93. The minimum absolute atomic E-state index is 0.284. The average molecular weight is 229 g/mol. The summed E-state index contributed by atoms with van der Waals surface area (Å²) in [7, 11) is 0. The van der Waals surface area contributed by atoms with E-state index in [-0.39, 0.29) is 5.97 Å². The monoisotopic (exact) mass is 229 g/mol. The zero-order valence-electron chi connectivity index (χ0n) is 9.34. The van der Waals surface area contributed by atoms with Gasteiger partial charge in [-0.25, -0.2) is 9.79 Å². The van der Waals surface area contributed by atoms with Crippen LogP contribution in [-0.2, 0) is 16.0 Å². The van der Waals surface area contributed by atoms with Gasteiger partial charge in [0.1, 0.15) is 5.58 Å². The molecule has 0 N–H and O–H groups in total. The molecule has 86 valence electrons. The molecule has 0 unspecified atom stereocenters. The Bertz CT molecular complexity index is 612. The number of esters is 1. The van der Waals surface area contributed by atoms with Crippen LogP contribution in [0.2, 0.25) is 0 Å². The summed E-state index contributed by atoms with van der Waals surface area (Å²) in [6.45, 7) is 1.69. The van der Waals surface area contributed by atoms with E-state index in [0.717, 1.165) is 16.5 Å². The van der Waals surface area contributed by atoms with Crippen molar-refractivity contribution in [3.63, 3.8) is 0 Å². The zero-order valence-corrected chi connectivity index (χ0v) is 9.34. The molecule has 3 rings (SSSR count). The standard InChI is InChI=1S/C13H11NO3/c1-8-14-11(13(15)17-8)6-9-7-16-12-5-3-2-4-10(9)12/h2-5,7,11H,6H2,1H3/t11-/m0/s1. The maximum absolute atomic E-state index is 11.5. The summed E-state index contributed by atoms with van der Waals surface area (Å²) in [6, 6.07) is 7.31. The van der Waals surface area contributed by atoms with Gasteiger partial charge in [-0.1, -0.05) is 18.2 Å². The van der Waals surface area contributed by atoms with E-state index in [2.05, 4.69) is 4.99 Å². The minimum atomic E-state index is -0.434. The number of rotatable bonds is 2. The molecule has 0 amide bonds. The smallest absolute Gasteiger partial charge is 0.337 e. The Morgan fingerprint density at radius 2 is 2.18 bits per heavy atom. The molecule has 2 aromatic rings. The van der Waals surface area contributed by atoms with Crippen molar-refractivity contribution in [3.8, 4) is 0 Å². The van der Waals surface area contributed by atoms with Gasteiger partial charge >= 0.3 is 5.97 Å². The summed E-state index contributed by atoms with van der Waals surface area (Å²) in [6.07, 6.45) is 2.20. The molecule has 1 aliphatic rings. The van der Waals surface area contributed by atoms with Crippen molar-refractivity contribution in [3.05, 3.63) is 36.1 Å². The first kappa shape index (κ1) is 10.1. The Kier molecular flexibility index (Phi) is 2.21. The van der Waals surface area contributed by atoms with Gasteiger partial charge in [-0.15, -0.1) is 0 Å². The Labute approximate surface area is 97.9 Å². The molecule has 17 heavy (non-hydrogen) atoms. The molecule has 4 heteroatoms. The summed E-state index contributed by atoms with van der Waals surface area (Å²) in [5.41, 5.74) is 1.82. The Morgan fingerprint density at radius 1 is 1.35 bits per heavy atom. The normalized spacial score (nSPS) is 19.5. The summed E-state index contributed by atoms with van der Waals surface area (Å²) >= 11 is 0. The number of nitrogens with zero attached hydrogens (tertiary/aromatic N) is 1. The van der Waals surface area contributed by atoms with Crippen molar-refractivity contribution in [2.24, 2.45) is 4.99 Å². The van der Waals surface area contributed by atoms with Crippen LogP contribution in [-0.4, -0.2) is 17.9 Å². The predicted octanol–water partition coefficient (Wildman–Crippen LogP) is 2.32. The number of furan rings is 1.